The third-order valence-corrected chi connectivity index (χ3v) is 2.08. The van der Waals surface area contributed by atoms with Crippen LogP contribution in [0.4, 0.5) is 0 Å². The SMILES string of the molecule is CC(C)N(CCC(=O)NN)C(C)C. The average molecular weight is 187 g/mol. The van der Waals surface area contributed by atoms with Crippen molar-refractivity contribution in [2.24, 2.45) is 5.84 Å². The minimum Gasteiger partial charge on any atom is -0.298 e. The Hall–Kier alpha value is -0.610. The summed E-state index contributed by atoms with van der Waals surface area (Å²) in [7, 11) is 0. The summed E-state index contributed by atoms with van der Waals surface area (Å²) in [5, 5.41) is 0. The third kappa shape index (κ3) is 4.85. The van der Waals surface area contributed by atoms with Crippen LogP contribution in [0.25, 0.3) is 0 Å². The molecule has 0 saturated carbocycles. The van der Waals surface area contributed by atoms with Gasteiger partial charge in [-0.05, 0) is 27.7 Å². The summed E-state index contributed by atoms with van der Waals surface area (Å²) < 4.78 is 0. The van der Waals surface area contributed by atoms with Crippen LogP contribution in [0, 0.1) is 0 Å². The Kier molecular flexibility index (Phi) is 5.66. The van der Waals surface area contributed by atoms with E-state index in [-0.39, 0.29) is 5.91 Å². The zero-order valence-corrected chi connectivity index (χ0v) is 9.00. The Bertz CT molecular complexity index is 149. The van der Waals surface area contributed by atoms with Gasteiger partial charge >= 0.3 is 0 Å². The molecule has 0 heterocycles. The van der Waals surface area contributed by atoms with E-state index in [0.717, 1.165) is 6.54 Å². The number of hydrogen-bond acceptors (Lipinski definition) is 3. The Morgan fingerprint density at radius 1 is 1.31 bits per heavy atom. The van der Waals surface area contributed by atoms with Crippen LogP contribution >= 0.6 is 0 Å². The zero-order chi connectivity index (χ0) is 10.4. The molecule has 0 spiro atoms. The summed E-state index contributed by atoms with van der Waals surface area (Å²) in [6.45, 7) is 9.26. The molecule has 4 nitrogen and oxygen atoms in total. The summed E-state index contributed by atoms with van der Waals surface area (Å²) in [6.07, 6.45) is 0.465. The number of rotatable bonds is 5. The van der Waals surface area contributed by atoms with Crippen LogP contribution in [0.1, 0.15) is 34.1 Å². The molecule has 0 aromatic heterocycles. The first-order chi connectivity index (χ1) is 5.99. The van der Waals surface area contributed by atoms with Gasteiger partial charge in [0.05, 0.1) is 0 Å². The fourth-order valence-electron chi connectivity index (χ4n) is 1.42. The van der Waals surface area contributed by atoms with Gasteiger partial charge in [-0.1, -0.05) is 0 Å². The highest BCUT2D eigenvalue weighted by atomic mass is 16.2. The van der Waals surface area contributed by atoms with Crippen molar-refractivity contribution in [3.63, 3.8) is 0 Å². The lowest BCUT2D eigenvalue weighted by Crippen LogP contribution is -2.40. The average Bonchev–Trinajstić information content (AvgIpc) is 2.03. The summed E-state index contributed by atoms with van der Waals surface area (Å²) in [5.74, 6) is 4.89. The second-order valence-electron chi connectivity index (χ2n) is 3.74. The standard InChI is InChI=1S/C9H21N3O/c1-7(2)12(8(3)4)6-5-9(13)11-10/h7-8H,5-6,10H2,1-4H3,(H,11,13). The summed E-state index contributed by atoms with van der Waals surface area (Å²) in [5.41, 5.74) is 2.13. The van der Waals surface area contributed by atoms with Crippen molar-refractivity contribution in [1.29, 1.82) is 0 Å². The fourth-order valence-corrected chi connectivity index (χ4v) is 1.42. The van der Waals surface area contributed by atoms with Crippen molar-refractivity contribution < 1.29 is 4.79 Å². The van der Waals surface area contributed by atoms with E-state index in [4.69, 9.17) is 5.84 Å². The van der Waals surface area contributed by atoms with Crippen LogP contribution in [-0.4, -0.2) is 29.4 Å². The van der Waals surface area contributed by atoms with Gasteiger partial charge in [0, 0.05) is 25.0 Å². The predicted octanol–water partition coefficient (Wildman–Crippen LogP) is 0.485. The smallest absolute Gasteiger partial charge is 0.235 e. The van der Waals surface area contributed by atoms with Gasteiger partial charge in [0.25, 0.3) is 0 Å². The molecule has 0 aromatic rings. The first-order valence-electron chi connectivity index (χ1n) is 4.74. The topological polar surface area (TPSA) is 58.4 Å². The second kappa shape index (κ2) is 5.94. The first-order valence-corrected chi connectivity index (χ1v) is 4.74. The van der Waals surface area contributed by atoms with Crippen LogP contribution in [0.15, 0.2) is 0 Å². The summed E-state index contributed by atoms with van der Waals surface area (Å²) in [6, 6.07) is 0.927. The molecular formula is C9H21N3O. The van der Waals surface area contributed by atoms with E-state index < -0.39 is 0 Å². The number of hydrazine groups is 1. The number of nitrogens with zero attached hydrogens (tertiary/aromatic N) is 1. The number of nitrogens with one attached hydrogen (secondary N) is 1. The first kappa shape index (κ1) is 12.4. The van der Waals surface area contributed by atoms with Crippen LogP contribution < -0.4 is 11.3 Å². The van der Waals surface area contributed by atoms with Gasteiger partial charge in [0.15, 0.2) is 0 Å². The van der Waals surface area contributed by atoms with E-state index in [1.54, 1.807) is 0 Å². The van der Waals surface area contributed by atoms with E-state index in [9.17, 15) is 4.79 Å². The lowest BCUT2D eigenvalue weighted by atomic mass is 10.2. The highest BCUT2D eigenvalue weighted by Gasteiger charge is 2.13. The molecule has 0 aliphatic rings. The molecule has 13 heavy (non-hydrogen) atoms. The highest BCUT2D eigenvalue weighted by Crippen LogP contribution is 2.05. The maximum Gasteiger partial charge on any atom is 0.235 e. The van der Waals surface area contributed by atoms with Crippen LogP contribution in [0.3, 0.4) is 0 Å². The summed E-state index contributed by atoms with van der Waals surface area (Å²) >= 11 is 0. The molecule has 1 amide bonds. The molecule has 0 unspecified atom stereocenters. The molecule has 0 aliphatic carbocycles. The Labute approximate surface area is 80.4 Å². The van der Waals surface area contributed by atoms with Crippen molar-refractivity contribution in [3.05, 3.63) is 0 Å². The van der Waals surface area contributed by atoms with E-state index in [1.165, 1.54) is 0 Å². The second-order valence-corrected chi connectivity index (χ2v) is 3.74. The monoisotopic (exact) mass is 187 g/mol. The number of nitrogens with two attached hydrogens (primary N) is 1. The molecule has 0 aliphatic heterocycles. The van der Waals surface area contributed by atoms with E-state index in [1.807, 2.05) is 0 Å². The Balaban J connectivity index is 3.90. The minimum absolute atomic E-state index is 0.105. The van der Waals surface area contributed by atoms with Crippen molar-refractivity contribution in [3.8, 4) is 0 Å². The number of amides is 1. The molecule has 4 heteroatoms. The zero-order valence-electron chi connectivity index (χ0n) is 9.00. The molecule has 0 saturated heterocycles. The molecular weight excluding hydrogens is 166 g/mol. The predicted molar refractivity (Wildman–Crippen MR) is 53.9 cm³/mol. The lowest BCUT2D eigenvalue weighted by molar-refractivity contribution is -0.121. The minimum atomic E-state index is -0.105. The van der Waals surface area contributed by atoms with Crippen molar-refractivity contribution in [2.45, 2.75) is 46.2 Å². The van der Waals surface area contributed by atoms with Gasteiger partial charge < -0.3 is 0 Å². The third-order valence-electron chi connectivity index (χ3n) is 2.08. The van der Waals surface area contributed by atoms with Crippen LogP contribution in [-0.2, 0) is 4.79 Å². The molecule has 78 valence electrons. The molecule has 0 bridgehead atoms. The van der Waals surface area contributed by atoms with E-state index in [0.29, 0.717) is 18.5 Å². The van der Waals surface area contributed by atoms with Gasteiger partial charge in [-0.2, -0.15) is 0 Å². The van der Waals surface area contributed by atoms with Gasteiger partial charge in [-0.25, -0.2) is 5.84 Å². The maximum absolute atomic E-state index is 10.9. The fraction of sp³-hybridized carbons (Fsp3) is 0.889. The molecule has 0 atom stereocenters. The molecule has 0 fully saturated rings. The maximum atomic E-state index is 10.9. The van der Waals surface area contributed by atoms with Gasteiger partial charge in [0.1, 0.15) is 0 Å². The van der Waals surface area contributed by atoms with E-state index in [2.05, 4.69) is 38.0 Å². The Morgan fingerprint density at radius 3 is 2.08 bits per heavy atom. The number of carbonyl (C=O) groups is 1. The normalized spacial score (nSPS) is 11.4. The summed E-state index contributed by atoms with van der Waals surface area (Å²) in [4.78, 5) is 13.2. The van der Waals surface area contributed by atoms with Crippen molar-refractivity contribution >= 4 is 5.91 Å². The van der Waals surface area contributed by atoms with E-state index >= 15 is 0 Å². The number of hydrogen-bond donors (Lipinski definition) is 2. The molecule has 0 aromatic carbocycles. The molecule has 3 N–H and O–H groups in total. The quantitative estimate of drug-likeness (QED) is 0.374. The van der Waals surface area contributed by atoms with Gasteiger partial charge in [-0.3, -0.25) is 15.1 Å². The van der Waals surface area contributed by atoms with Crippen molar-refractivity contribution in [1.82, 2.24) is 10.3 Å². The lowest BCUT2D eigenvalue weighted by Gasteiger charge is -2.30. The molecule has 0 radical (unpaired) electrons. The highest BCUT2D eigenvalue weighted by molar-refractivity contribution is 5.75. The number of carbonyl (C=O) groups excluding carboxylic acids is 1. The van der Waals surface area contributed by atoms with Crippen LogP contribution in [0.2, 0.25) is 0 Å². The van der Waals surface area contributed by atoms with Crippen molar-refractivity contribution in [2.75, 3.05) is 6.54 Å². The van der Waals surface area contributed by atoms with Gasteiger partial charge in [-0.15, -0.1) is 0 Å². The Morgan fingerprint density at radius 2 is 1.77 bits per heavy atom. The molecule has 0 rings (SSSR count). The van der Waals surface area contributed by atoms with Crippen LogP contribution in [0.5, 0.6) is 0 Å². The van der Waals surface area contributed by atoms with Gasteiger partial charge in [0.2, 0.25) is 5.91 Å². The largest absolute Gasteiger partial charge is 0.298 e.